The summed E-state index contributed by atoms with van der Waals surface area (Å²) in [5, 5.41) is 6.73. The molecular weight excluding hydrogens is 180 g/mol. The van der Waals surface area contributed by atoms with Crippen molar-refractivity contribution in [3.8, 4) is 0 Å². The molecule has 1 aliphatic heterocycles. The summed E-state index contributed by atoms with van der Waals surface area (Å²) < 4.78 is 4.86. The van der Waals surface area contributed by atoms with E-state index >= 15 is 0 Å². The molecule has 0 amide bonds. The van der Waals surface area contributed by atoms with E-state index in [9.17, 15) is 4.79 Å². The van der Waals surface area contributed by atoms with Gasteiger partial charge in [-0.1, -0.05) is 0 Å². The molecule has 4 nitrogen and oxygen atoms in total. The van der Waals surface area contributed by atoms with Crippen LogP contribution in [0, 0.1) is 0 Å². The van der Waals surface area contributed by atoms with Crippen molar-refractivity contribution in [2.75, 3.05) is 26.2 Å². The molecular formula is C10H20N2O2. The van der Waals surface area contributed by atoms with Crippen LogP contribution < -0.4 is 10.6 Å². The van der Waals surface area contributed by atoms with Crippen LogP contribution in [-0.4, -0.2) is 38.3 Å². The van der Waals surface area contributed by atoms with Crippen molar-refractivity contribution in [3.63, 3.8) is 0 Å². The number of hydrogen-bond acceptors (Lipinski definition) is 4. The summed E-state index contributed by atoms with van der Waals surface area (Å²) in [7, 11) is 0. The van der Waals surface area contributed by atoms with E-state index in [4.69, 9.17) is 4.74 Å². The smallest absolute Gasteiger partial charge is 0.305 e. The maximum absolute atomic E-state index is 11.0. The van der Waals surface area contributed by atoms with Crippen LogP contribution >= 0.6 is 0 Å². The third kappa shape index (κ3) is 4.58. The van der Waals surface area contributed by atoms with Crippen LogP contribution in [0.3, 0.4) is 0 Å². The second kappa shape index (κ2) is 6.79. The molecule has 4 heteroatoms. The molecule has 1 rings (SSSR count). The van der Waals surface area contributed by atoms with Crippen LogP contribution in [0.5, 0.6) is 0 Å². The van der Waals surface area contributed by atoms with E-state index in [1.807, 2.05) is 6.92 Å². The fraction of sp³-hybridized carbons (Fsp3) is 0.900. The van der Waals surface area contributed by atoms with Gasteiger partial charge >= 0.3 is 5.97 Å². The highest BCUT2D eigenvalue weighted by Gasteiger charge is 2.12. The second-order valence-corrected chi connectivity index (χ2v) is 3.55. The number of carbonyl (C=O) groups excluding carboxylic acids is 1. The van der Waals surface area contributed by atoms with Gasteiger partial charge in [-0.25, -0.2) is 0 Å². The summed E-state index contributed by atoms with van der Waals surface area (Å²) in [6.45, 7) is 5.42. The van der Waals surface area contributed by atoms with Crippen LogP contribution in [-0.2, 0) is 9.53 Å². The van der Waals surface area contributed by atoms with E-state index in [0.29, 0.717) is 19.1 Å². The monoisotopic (exact) mass is 200 g/mol. The normalized spacial score (nSPS) is 21.9. The van der Waals surface area contributed by atoms with Crippen molar-refractivity contribution in [1.82, 2.24) is 10.6 Å². The first-order valence-corrected chi connectivity index (χ1v) is 5.42. The highest BCUT2D eigenvalue weighted by atomic mass is 16.5. The molecule has 14 heavy (non-hydrogen) atoms. The zero-order valence-corrected chi connectivity index (χ0v) is 8.84. The maximum Gasteiger partial charge on any atom is 0.305 e. The van der Waals surface area contributed by atoms with E-state index < -0.39 is 0 Å². The van der Waals surface area contributed by atoms with Gasteiger partial charge in [-0.2, -0.15) is 0 Å². The van der Waals surface area contributed by atoms with Gasteiger partial charge in [0.25, 0.3) is 0 Å². The minimum Gasteiger partial charge on any atom is -0.466 e. The van der Waals surface area contributed by atoms with Gasteiger partial charge in [0.2, 0.25) is 0 Å². The number of nitrogens with one attached hydrogen (secondary N) is 2. The van der Waals surface area contributed by atoms with Gasteiger partial charge in [0.15, 0.2) is 0 Å². The predicted molar refractivity (Wildman–Crippen MR) is 55.1 cm³/mol. The van der Waals surface area contributed by atoms with E-state index in [1.54, 1.807) is 0 Å². The van der Waals surface area contributed by atoms with Gasteiger partial charge in [-0.3, -0.25) is 4.79 Å². The van der Waals surface area contributed by atoms with Gasteiger partial charge in [0, 0.05) is 32.1 Å². The number of carbonyl (C=O) groups is 1. The van der Waals surface area contributed by atoms with Gasteiger partial charge in [0.1, 0.15) is 0 Å². The second-order valence-electron chi connectivity index (χ2n) is 3.55. The number of hydrogen-bond donors (Lipinski definition) is 2. The third-order valence-corrected chi connectivity index (χ3v) is 2.36. The summed E-state index contributed by atoms with van der Waals surface area (Å²) in [6, 6.07) is 0.526. The van der Waals surface area contributed by atoms with Crippen molar-refractivity contribution in [2.45, 2.75) is 32.2 Å². The highest BCUT2D eigenvalue weighted by molar-refractivity contribution is 5.69. The Kier molecular flexibility index (Phi) is 5.56. The maximum atomic E-state index is 11.0. The molecule has 1 fully saturated rings. The van der Waals surface area contributed by atoms with Gasteiger partial charge in [-0.15, -0.1) is 0 Å². The summed E-state index contributed by atoms with van der Waals surface area (Å²) in [5.74, 6) is -0.0729. The Hall–Kier alpha value is -0.610. The summed E-state index contributed by atoms with van der Waals surface area (Å²) in [5.41, 5.74) is 0. The van der Waals surface area contributed by atoms with Crippen molar-refractivity contribution in [3.05, 3.63) is 0 Å². The standard InChI is InChI=1S/C10H20N2O2/c1-2-14-10(13)5-3-4-9-8-11-6-7-12-9/h9,11-12H,2-8H2,1H3. The lowest BCUT2D eigenvalue weighted by Gasteiger charge is -2.24. The third-order valence-electron chi connectivity index (χ3n) is 2.36. The van der Waals surface area contributed by atoms with Crippen molar-refractivity contribution in [2.24, 2.45) is 0 Å². The van der Waals surface area contributed by atoms with Gasteiger partial charge in [-0.05, 0) is 19.8 Å². The fourth-order valence-electron chi connectivity index (χ4n) is 1.64. The van der Waals surface area contributed by atoms with Crippen molar-refractivity contribution in [1.29, 1.82) is 0 Å². The first kappa shape index (κ1) is 11.5. The Morgan fingerprint density at radius 2 is 2.36 bits per heavy atom. The fourth-order valence-corrected chi connectivity index (χ4v) is 1.64. The Balaban J connectivity index is 1.99. The number of esters is 1. The Bertz CT molecular complexity index is 168. The van der Waals surface area contributed by atoms with Crippen LogP contribution in [0.4, 0.5) is 0 Å². The SMILES string of the molecule is CCOC(=O)CCCC1CNCCN1. The molecule has 0 radical (unpaired) electrons. The van der Waals surface area contributed by atoms with Crippen LogP contribution in [0.2, 0.25) is 0 Å². The highest BCUT2D eigenvalue weighted by Crippen LogP contribution is 2.03. The molecule has 0 aliphatic carbocycles. The summed E-state index contributed by atoms with van der Waals surface area (Å²) in [4.78, 5) is 11.0. The van der Waals surface area contributed by atoms with Crippen LogP contribution in [0.15, 0.2) is 0 Å². The lowest BCUT2D eigenvalue weighted by Crippen LogP contribution is -2.48. The Labute approximate surface area is 85.4 Å². The topological polar surface area (TPSA) is 50.4 Å². The number of rotatable bonds is 5. The molecule has 82 valence electrons. The van der Waals surface area contributed by atoms with Crippen molar-refractivity contribution >= 4 is 5.97 Å². The molecule has 0 aromatic carbocycles. The molecule has 0 aromatic rings. The quantitative estimate of drug-likeness (QED) is 0.626. The molecule has 0 spiro atoms. The van der Waals surface area contributed by atoms with E-state index in [1.165, 1.54) is 0 Å². The van der Waals surface area contributed by atoms with Crippen LogP contribution in [0.1, 0.15) is 26.2 Å². The Morgan fingerprint density at radius 3 is 3.00 bits per heavy atom. The molecule has 1 aliphatic rings. The molecule has 0 aromatic heterocycles. The Morgan fingerprint density at radius 1 is 1.50 bits per heavy atom. The zero-order valence-electron chi connectivity index (χ0n) is 8.84. The molecule has 0 bridgehead atoms. The van der Waals surface area contributed by atoms with Gasteiger partial charge in [0.05, 0.1) is 6.61 Å². The molecule has 1 heterocycles. The average molecular weight is 200 g/mol. The first-order chi connectivity index (χ1) is 6.83. The average Bonchev–Trinajstić information content (AvgIpc) is 2.20. The van der Waals surface area contributed by atoms with E-state index in [2.05, 4.69) is 10.6 Å². The summed E-state index contributed by atoms with van der Waals surface area (Å²) >= 11 is 0. The molecule has 1 saturated heterocycles. The summed E-state index contributed by atoms with van der Waals surface area (Å²) in [6.07, 6.45) is 2.51. The molecule has 1 atom stereocenters. The van der Waals surface area contributed by atoms with Crippen LogP contribution in [0.25, 0.3) is 0 Å². The first-order valence-electron chi connectivity index (χ1n) is 5.42. The molecule has 2 N–H and O–H groups in total. The van der Waals surface area contributed by atoms with Gasteiger partial charge < -0.3 is 15.4 Å². The molecule has 0 saturated carbocycles. The minimum atomic E-state index is -0.0729. The lowest BCUT2D eigenvalue weighted by atomic mass is 10.1. The lowest BCUT2D eigenvalue weighted by molar-refractivity contribution is -0.143. The number of ether oxygens (including phenoxy) is 1. The molecule has 1 unspecified atom stereocenters. The van der Waals surface area contributed by atoms with Crippen molar-refractivity contribution < 1.29 is 9.53 Å². The zero-order chi connectivity index (χ0) is 10.2. The van der Waals surface area contributed by atoms with E-state index in [-0.39, 0.29) is 5.97 Å². The minimum absolute atomic E-state index is 0.0729. The largest absolute Gasteiger partial charge is 0.466 e. The predicted octanol–water partition coefficient (Wildman–Crippen LogP) is 0.281. The number of piperazine rings is 1. The van der Waals surface area contributed by atoms with E-state index in [0.717, 1.165) is 32.5 Å².